The van der Waals surface area contributed by atoms with Crippen LogP contribution in [0.1, 0.15) is 83.1 Å². The predicted molar refractivity (Wildman–Crippen MR) is 104 cm³/mol. The van der Waals surface area contributed by atoms with Crippen molar-refractivity contribution in [2.75, 3.05) is 0 Å². The Hall–Kier alpha value is -1.84. The number of ether oxygens (including phenoxy) is 2. The zero-order chi connectivity index (χ0) is 19.1. The Bertz CT molecular complexity index is 581. The fourth-order valence-corrected chi connectivity index (χ4v) is 4.40. The molecule has 4 heteroatoms. The van der Waals surface area contributed by atoms with Gasteiger partial charge in [-0.05, 0) is 63.4 Å². The third kappa shape index (κ3) is 4.53. The second-order valence-corrected chi connectivity index (χ2v) is 7.96. The minimum Gasteiger partial charge on any atom is -0.461 e. The van der Waals surface area contributed by atoms with Crippen molar-refractivity contribution in [3.05, 3.63) is 35.9 Å². The second-order valence-electron chi connectivity index (χ2n) is 7.96. The molecule has 27 heavy (non-hydrogen) atoms. The van der Waals surface area contributed by atoms with E-state index in [2.05, 4.69) is 0 Å². The van der Waals surface area contributed by atoms with E-state index in [0.717, 1.165) is 51.4 Å². The van der Waals surface area contributed by atoms with Crippen molar-refractivity contribution >= 4 is 11.9 Å². The standard InChI is InChI=1S/C23H32O4/c1-2-23(18-12-6-3-7-13-18,21(24)26-19-14-8-4-9-15-19)22(25)27-20-16-10-5-11-17-20/h3,6-7,12-13,19-20H,2,4-5,8-11,14-17H2,1H3. The van der Waals surface area contributed by atoms with Crippen molar-refractivity contribution < 1.29 is 19.1 Å². The molecule has 0 aliphatic heterocycles. The summed E-state index contributed by atoms with van der Waals surface area (Å²) in [5.74, 6) is -0.882. The normalized spacial score (nSPS) is 19.4. The van der Waals surface area contributed by atoms with E-state index in [1.165, 1.54) is 12.8 Å². The average Bonchev–Trinajstić information content (AvgIpc) is 2.71. The van der Waals surface area contributed by atoms with E-state index >= 15 is 0 Å². The lowest BCUT2D eigenvalue weighted by Gasteiger charge is -2.33. The van der Waals surface area contributed by atoms with Crippen LogP contribution in [0.4, 0.5) is 0 Å². The first kappa shape index (κ1) is 19.9. The summed E-state index contributed by atoms with van der Waals surface area (Å²) in [6.07, 6.45) is 10.4. The lowest BCUT2D eigenvalue weighted by atomic mass is 9.77. The van der Waals surface area contributed by atoms with E-state index in [0.29, 0.717) is 12.0 Å². The number of carbonyl (C=O) groups is 2. The first-order valence-electron chi connectivity index (χ1n) is 10.6. The molecule has 2 saturated carbocycles. The fourth-order valence-electron chi connectivity index (χ4n) is 4.40. The molecule has 1 aromatic carbocycles. The summed E-state index contributed by atoms with van der Waals surface area (Å²) in [5, 5.41) is 0. The molecule has 2 fully saturated rings. The largest absolute Gasteiger partial charge is 0.461 e. The van der Waals surface area contributed by atoms with Crippen LogP contribution in [0.5, 0.6) is 0 Å². The Morgan fingerprint density at radius 3 is 1.67 bits per heavy atom. The zero-order valence-corrected chi connectivity index (χ0v) is 16.5. The van der Waals surface area contributed by atoms with Gasteiger partial charge in [0.2, 0.25) is 0 Å². The van der Waals surface area contributed by atoms with E-state index in [-0.39, 0.29) is 12.2 Å². The highest BCUT2D eigenvalue weighted by molar-refractivity contribution is 6.06. The van der Waals surface area contributed by atoms with Gasteiger partial charge in [0, 0.05) is 0 Å². The Morgan fingerprint density at radius 2 is 1.26 bits per heavy atom. The molecule has 3 rings (SSSR count). The predicted octanol–water partition coefficient (Wildman–Crippen LogP) is 5.09. The van der Waals surface area contributed by atoms with Crippen LogP contribution >= 0.6 is 0 Å². The monoisotopic (exact) mass is 372 g/mol. The quantitative estimate of drug-likeness (QED) is 0.516. The molecule has 0 saturated heterocycles. The molecule has 0 radical (unpaired) electrons. The maximum atomic E-state index is 13.3. The number of hydrogen-bond acceptors (Lipinski definition) is 4. The van der Waals surface area contributed by atoms with Crippen LogP contribution in [0.25, 0.3) is 0 Å². The van der Waals surface area contributed by atoms with Crippen LogP contribution < -0.4 is 0 Å². The van der Waals surface area contributed by atoms with Gasteiger partial charge < -0.3 is 9.47 Å². The van der Waals surface area contributed by atoms with Gasteiger partial charge in [-0.2, -0.15) is 0 Å². The zero-order valence-electron chi connectivity index (χ0n) is 16.5. The number of esters is 2. The summed E-state index contributed by atoms with van der Waals surface area (Å²) in [5.41, 5.74) is -0.690. The molecule has 0 aromatic heterocycles. The number of benzene rings is 1. The van der Waals surface area contributed by atoms with Gasteiger partial charge in [0.15, 0.2) is 5.41 Å². The molecule has 0 bridgehead atoms. The summed E-state index contributed by atoms with van der Waals surface area (Å²) in [7, 11) is 0. The fraction of sp³-hybridized carbons (Fsp3) is 0.652. The average molecular weight is 373 g/mol. The van der Waals surface area contributed by atoms with Gasteiger partial charge >= 0.3 is 11.9 Å². The molecule has 0 amide bonds. The van der Waals surface area contributed by atoms with Gasteiger partial charge in [-0.1, -0.05) is 50.1 Å². The maximum absolute atomic E-state index is 13.3. The van der Waals surface area contributed by atoms with E-state index in [1.54, 1.807) is 0 Å². The Balaban J connectivity index is 1.84. The summed E-state index contributed by atoms with van der Waals surface area (Å²) < 4.78 is 11.7. The van der Waals surface area contributed by atoms with E-state index in [9.17, 15) is 9.59 Å². The molecular formula is C23H32O4. The highest BCUT2D eigenvalue weighted by atomic mass is 16.6. The minimum absolute atomic E-state index is 0.0802. The lowest BCUT2D eigenvalue weighted by Crippen LogP contribution is -2.48. The van der Waals surface area contributed by atoms with Gasteiger partial charge in [-0.3, -0.25) is 9.59 Å². The van der Waals surface area contributed by atoms with Crippen LogP contribution in [-0.4, -0.2) is 24.1 Å². The molecule has 2 aliphatic rings. The topological polar surface area (TPSA) is 52.6 Å². The minimum atomic E-state index is -1.36. The number of rotatable bonds is 6. The van der Waals surface area contributed by atoms with Crippen molar-refractivity contribution in [3.63, 3.8) is 0 Å². The van der Waals surface area contributed by atoms with E-state index < -0.39 is 17.4 Å². The van der Waals surface area contributed by atoms with Crippen LogP contribution in [-0.2, 0) is 24.5 Å². The summed E-state index contributed by atoms with van der Waals surface area (Å²) in [6.45, 7) is 1.87. The molecule has 4 nitrogen and oxygen atoms in total. The molecule has 0 unspecified atom stereocenters. The second kappa shape index (κ2) is 9.38. The Morgan fingerprint density at radius 1 is 0.815 bits per heavy atom. The molecule has 0 heterocycles. The van der Waals surface area contributed by atoms with Crippen molar-refractivity contribution in [2.24, 2.45) is 0 Å². The molecular weight excluding hydrogens is 340 g/mol. The van der Waals surface area contributed by atoms with Crippen molar-refractivity contribution in [1.29, 1.82) is 0 Å². The molecule has 0 N–H and O–H groups in total. The Labute approximate surface area is 162 Å². The third-order valence-electron chi connectivity index (χ3n) is 6.15. The lowest BCUT2D eigenvalue weighted by molar-refractivity contribution is -0.173. The van der Waals surface area contributed by atoms with Gasteiger partial charge in [-0.15, -0.1) is 0 Å². The van der Waals surface area contributed by atoms with Crippen LogP contribution in [0.15, 0.2) is 30.3 Å². The Kier molecular flexibility index (Phi) is 6.92. The first-order chi connectivity index (χ1) is 13.2. The highest BCUT2D eigenvalue weighted by Gasteiger charge is 2.50. The summed E-state index contributed by atoms with van der Waals surface area (Å²) >= 11 is 0. The van der Waals surface area contributed by atoms with Gasteiger partial charge in [0.25, 0.3) is 0 Å². The van der Waals surface area contributed by atoms with Crippen LogP contribution in [0.2, 0.25) is 0 Å². The molecule has 1 aromatic rings. The molecule has 2 aliphatic carbocycles. The summed E-state index contributed by atoms with van der Waals surface area (Å²) in [4.78, 5) is 26.6. The van der Waals surface area contributed by atoms with Crippen LogP contribution in [0, 0.1) is 0 Å². The first-order valence-corrected chi connectivity index (χ1v) is 10.6. The maximum Gasteiger partial charge on any atom is 0.328 e. The van der Waals surface area contributed by atoms with Crippen molar-refractivity contribution in [1.82, 2.24) is 0 Å². The smallest absolute Gasteiger partial charge is 0.328 e. The van der Waals surface area contributed by atoms with Crippen molar-refractivity contribution in [3.8, 4) is 0 Å². The van der Waals surface area contributed by atoms with Crippen LogP contribution in [0.3, 0.4) is 0 Å². The van der Waals surface area contributed by atoms with Gasteiger partial charge in [0.1, 0.15) is 12.2 Å². The van der Waals surface area contributed by atoms with E-state index in [1.807, 2.05) is 37.3 Å². The van der Waals surface area contributed by atoms with Gasteiger partial charge in [0.05, 0.1) is 0 Å². The number of hydrogen-bond donors (Lipinski definition) is 0. The van der Waals surface area contributed by atoms with Gasteiger partial charge in [-0.25, -0.2) is 0 Å². The highest BCUT2D eigenvalue weighted by Crippen LogP contribution is 2.35. The molecule has 0 spiro atoms. The SMILES string of the molecule is CCC(C(=O)OC1CCCCC1)(C(=O)OC1CCCCC1)c1ccccc1. The third-order valence-corrected chi connectivity index (χ3v) is 6.15. The van der Waals surface area contributed by atoms with E-state index in [4.69, 9.17) is 9.47 Å². The van der Waals surface area contributed by atoms with Crippen molar-refractivity contribution in [2.45, 2.75) is 95.2 Å². The number of carbonyl (C=O) groups excluding carboxylic acids is 2. The molecule has 0 atom stereocenters. The summed E-state index contributed by atoms with van der Waals surface area (Å²) in [6, 6.07) is 9.30. The molecule has 148 valence electrons.